The van der Waals surface area contributed by atoms with Crippen molar-refractivity contribution < 1.29 is 46.3 Å². The standard InChI is InChI=1S/C32H29F5N4O6/c1-16-8-22(33)20(23(34)9-16)12-38-29(45)21-14-40-24-15-39(30(46)26(40)28(44)27(21)43)17(2)6-7-31(24)11-25(42)41(47-31)13-18-4-3-5-19(10-18)32(35,36)37/h3-5,8-10,14,17,24,44H,6-7,11-13,15H2,1-2H3,(H,38,45)/t17-,24+,31-/m0/s1. The zero-order valence-corrected chi connectivity index (χ0v) is 25.2. The molecule has 2 saturated heterocycles. The Morgan fingerprint density at radius 3 is 2.51 bits per heavy atom. The molecule has 3 aromatic rings. The van der Waals surface area contributed by atoms with Crippen molar-refractivity contribution in [2.75, 3.05) is 6.54 Å². The van der Waals surface area contributed by atoms with E-state index in [1.54, 1.807) is 6.92 Å². The van der Waals surface area contributed by atoms with Gasteiger partial charge in [-0.1, -0.05) is 12.1 Å². The molecule has 10 nitrogen and oxygen atoms in total. The molecule has 2 fully saturated rings. The van der Waals surface area contributed by atoms with Gasteiger partial charge in [0.1, 0.15) is 22.8 Å². The first-order valence-electron chi connectivity index (χ1n) is 14.8. The summed E-state index contributed by atoms with van der Waals surface area (Å²) in [5, 5.41) is 14.3. The fraction of sp³-hybridized carbons (Fsp3) is 0.375. The van der Waals surface area contributed by atoms with Crippen molar-refractivity contribution in [3.63, 3.8) is 0 Å². The summed E-state index contributed by atoms with van der Waals surface area (Å²) in [6, 6.07) is 5.27. The van der Waals surface area contributed by atoms with Crippen LogP contribution in [0, 0.1) is 18.6 Å². The molecule has 0 aliphatic carbocycles. The number of halogens is 5. The number of carbonyl (C=O) groups is 3. The van der Waals surface area contributed by atoms with Crippen molar-refractivity contribution in [3.05, 3.63) is 98.0 Å². The lowest BCUT2D eigenvalue weighted by Crippen LogP contribution is -2.52. The van der Waals surface area contributed by atoms with Crippen LogP contribution in [0.1, 0.15) is 75.3 Å². The number of rotatable bonds is 5. The summed E-state index contributed by atoms with van der Waals surface area (Å²) in [4.78, 5) is 61.0. The van der Waals surface area contributed by atoms with Gasteiger partial charge in [0.05, 0.1) is 24.6 Å². The van der Waals surface area contributed by atoms with Crippen molar-refractivity contribution >= 4 is 17.7 Å². The highest BCUT2D eigenvalue weighted by Gasteiger charge is 2.56. The second kappa shape index (κ2) is 11.5. The lowest BCUT2D eigenvalue weighted by molar-refractivity contribution is -0.218. The van der Waals surface area contributed by atoms with Gasteiger partial charge in [0.15, 0.2) is 11.4 Å². The summed E-state index contributed by atoms with van der Waals surface area (Å²) in [6.07, 6.45) is -3.25. The number of carbonyl (C=O) groups excluding carboxylic acids is 3. The first kappa shape index (κ1) is 32.2. The average molecular weight is 661 g/mol. The Kier molecular flexibility index (Phi) is 7.85. The topological polar surface area (TPSA) is 121 Å². The third kappa shape index (κ3) is 5.62. The number of pyridine rings is 1. The number of nitrogens with zero attached hydrogens (tertiary/aromatic N) is 3. The molecule has 2 aromatic carbocycles. The predicted molar refractivity (Wildman–Crippen MR) is 154 cm³/mol. The van der Waals surface area contributed by atoms with E-state index in [1.807, 2.05) is 0 Å². The highest BCUT2D eigenvalue weighted by atomic mass is 19.4. The van der Waals surface area contributed by atoms with Crippen molar-refractivity contribution in [3.8, 4) is 5.75 Å². The number of alkyl halides is 3. The molecule has 6 rings (SSSR count). The van der Waals surface area contributed by atoms with Crippen LogP contribution in [0.2, 0.25) is 0 Å². The number of hydroxylamine groups is 2. The SMILES string of the molecule is Cc1cc(F)c(CNC(=O)c2cn3c(c(O)c2=O)C(=O)N2C[C@@H]3[C@]3(CC[C@@H]2C)CC(=O)N(Cc2cccc(C(F)(F)F)c2)O3)c(F)c1. The van der Waals surface area contributed by atoms with Gasteiger partial charge in [0.25, 0.3) is 11.8 Å². The first-order chi connectivity index (χ1) is 22.1. The van der Waals surface area contributed by atoms with E-state index in [-0.39, 0.29) is 31.5 Å². The minimum absolute atomic E-state index is 0.0408. The second-order valence-corrected chi connectivity index (χ2v) is 12.2. The quantitative estimate of drug-likeness (QED) is 0.393. The lowest BCUT2D eigenvalue weighted by Gasteiger charge is -2.42. The van der Waals surface area contributed by atoms with E-state index >= 15 is 0 Å². The molecule has 0 saturated carbocycles. The molecule has 248 valence electrons. The summed E-state index contributed by atoms with van der Waals surface area (Å²) in [6.45, 7) is 2.26. The van der Waals surface area contributed by atoms with Gasteiger partial charge in [-0.25, -0.2) is 13.8 Å². The normalized spacial score (nSPS) is 22.4. The largest absolute Gasteiger partial charge is 0.503 e. The van der Waals surface area contributed by atoms with Crippen LogP contribution in [0.4, 0.5) is 22.0 Å². The van der Waals surface area contributed by atoms with Crippen LogP contribution in [0.5, 0.6) is 5.75 Å². The smallest absolute Gasteiger partial charge is 0.416 e. The van der Waals surface area contributed by atoms with Crippen molar-refractivity contribution in [1.82, 2.24) is 19.8 Å². The Labute approximate surface area is 264 Å². The number of hydrogen-bond donors (Lipinski definition) is 2. The highest BCUT2D eigenvalue weighted by molar-refractivity contribution is 5.99. The summed E-state index contributed by atoms with van der Waals surface area (Å²) >= 11 is 0. The summed E-state index contributed by atoms with van der Waals surface area (Å²) in [5.41, 5.74) is -4.49. The van der Waals surface area contributed by atoms with Crippen LogP contribution in [0.15, 0.2) is 47.4 Å². The molecule has 15 heteroatoms. The average Bonchev–Trinajstić information content (AvgIpc) is 3.25. The van der Waals surface area contributed by atoms with Gasteiger partial charge in [-0.15, -0.1) is 0 Å². The van der Waals surface area contributed by atoms with Crippen LogP contribution in [0.25, 0.3) is 0 Å². The number of aryl methyl sites for hydroxylation is 1. The Balaban J connectivity index is 1.35. The van der Waals surface area contributed by atoms with E-state index < -0.39 is 93.3 Å². The number of fused-ring (bicyclic) bond motifs is 5. The number of nitrogens with one attached hydrogen (secondary N) is 1. The van der Waals surface area contributed by atoms with Gasteiger partial charge in [0.2, 0.25) is 11.3 Å². The molecule has 3 atom stereocenters. The van der Waals surface area contributed by atoms with Gasteiger partial charge < -0.3 is 19.9 Å². The molecule has 0 radical (unpaired) electrons. The maximum atomic E-state index is 14.4. The zero-order valence-electron chi connectivity index (χ0n) is 25.2. The molecule has 3 aliphatic rings. The Morgan fingerprint density at radius 2 is 1.83 bits per heavy atom. The molecule has 1 spiro atoms. The maximum absolute atomic E-state index is 14.4. The molecule has 3 amide bonds. The van der Waals surface area contributed by atoms with Gasteiger partial charge in [-0.05, 0) is 62.1 Å². The highest BCUT2D eigenvalue weighted by Crippen LogP contribution is 2.47. The van der Waals surface area contributed by atoms with Crippen LogP contribution in [-0.4, -0.2) is 55.5 Å². The molecular formula is C32H29F5N4O6. The summed E-state index contributed by atoms with van der Waals surface area (Å²) in [7, 11) is 0. The second-order valence-electron chi connectivity index (χ2n) is 12.2. The molecule has 2 bridgehead atoms. The first-order valence-corrected chi connectivity index (χ1v) is 14.8. The fourth-order valence-corrected chi connectivity index (χ4v) is 6.56. The van der Waals surface area contributed by atoms with Gasteiger partial charge in [0, 0.05) is 30.9 Å². The van der Waals surface area contributed by atoms with Crippen LogP contribution in [0.3, 0.4) is 0 Å². The van der Waals surface area contributed by atoms with Gasteiger partial charge >= 0.3 is 6.18 Å². The van der Waals surface area contributed by atoms with E-state index in [0.29, 0.717) is 12.0 Å². The number of aromatic nitrogens is 1. The third-order valence-corrected chi connectivity index (χ3v) is 9.06. The molecule has 3 aliphatic heterocycles. The molecule has 1 aromatic heterocycles. The minimum atomic E-state index is -4.60. The summed E-state index contributed by atoms with van der Waals surface area (Å²) < 4.78 is 70.0. The van der Waals surface area contributed by atoms with Crippen LogP contribution >= 0.6 is 0 Å². The van der Waals surface area contributed by atoms with Crippen molar-refractivity contribution in [1.29, 1.82) is 0 Å². The van der Waals surface area contributed by atoms with E-state index in [9.17, 15) is 46.2 Å². The lowest BCUT2D eigenvalue weighted by atomic mass is 9.85. The Bertz CT molecular complexity index is 1850. The maximum Gasteiger partial charge on any atom is 0.416 e. The van der Waals surface area contributed by atoms with Crippen molar-refractivity contribution in [2.24, 2.45) is 0 Å². The van der Waals surface area contributed by atoms with E-state index in [0.717, 1.165) is 35.5 Å². The predicted octanol–water partition coefficient (Wildman–Crippen LogP) is 4.37. The van der Waals surface area contributed by atoms with E-state index in [4.69, 9.17) is 4.84 Å². The molecule has 47 heavy (non-hydrogen) atoms. The number of amides is 3. The van der Waals surface area contributed by atoms with Gasteiger partial charge in [-0.3, -0.25) is 24.0 Å². The monoisotopic (exact) mass is 660 g/mol. The molecule has 4 heterocycles. The van der Waals surface area contributed by atoms with Crippen molar-refractivity contribution in [2.45, 2.75) is 70.1 Å². The molecule has 2 N–H and O–H groups in total. The number of hydrogen-bond acceptors (Lipinski definition) is 6. The van der Waals surface area contributed by atoms with E-state index in [1.165, 1.54) is 28.5 Å². The Morgan fingerprint density at radius 1 is 1.13 bits per heavy atom. The Hall–Kier alpha value is -4.79. The number of benzene rings is 2. The van der Waals surface area contributed by atoms with Crippen LogP contribution < -0.4 is 10.7 Å². The fourth-order valence-electron chi connectivity index (χ4n) is 6.56. The van der Waals surface area contributed by atoms with Crippen LogP contribution in [-0.2, 0) is 28.9 Å². The summed E-state index contributed by atoms with van der Waals surface area (Å²) in [5.74, 6) is -5.16. The van der Waals surface area contributed by atoms with Gasteiger partial charge in [-0.2, -0.15) is 13.2 Å². The minimum Gasteiger partial charge on any atom is -0.503 e. The zero-order chi connectivity index (χ0) is 34.0. The molecular weight excluding hydrogens is 631 g/mol. The third-order valence-electron chi connectivity index (χ3n) is 9.06. The molecule has 0 unspecified atom stereocenters. The number of aromatic hydroxyl groups is 1. The van der Waals surface area contributed by atoms with E-state index in [2.05, 4.69) is 5.32 Å².